The number of amides is 1. The number of carbonyl (C=O) groups excluding carboxylic acids is 1. The molecule has 0 aromatic heterocycles. The Morgan fingerprint density at radius 3 is 2.24 bits per heavy atom. The van der Waals surface area contributed by atoms with Crippen LogP contribution in [0, 0.1) is 0 Å². The average molecular weight is 293 g/mol. The highest BCUT2D eigenvalue weighted by Crippen LogP contribution is 2.36. The van der Waals surface area contributed by atoms with Gasteiger partial charge in [0.1, 0.15) is 5.75 Å². The van der Waals surface area contributed by atoms with E-state index in [9.17, 15) is 18.7 Å². The van der Waals surface area contributed by atoms with Crippen LogP contribution in [0.1, 0.15) is 11.1 Å². The van der Waals surface area contributed by atoms with Crippen LogP contribution in [0.3, 0.4) is 0 Å². The van der Waals surface area contributed by atoms with Crippen LogP contribution in [0.2, 0.25) is 0 Å². The summed E-state index contributed by atoms with van der Waals surface area (Å²) in [7, 11) is 0. The molecule has 0 fully saturated rings. The van der Waals surface area contributed by atoms with Gasteiger partial charge in [-0.25, -0.2) is 0 Å². The highest BCUT2D eigenvalue weighted by Gasteiger charge is 2.40. The topological polar surface area (TPSA) is 72.6 Å². The summed E-state index contributed by atoms with van der Waals surface area (Å²) in [5.41, 5.74) is 3.08. The smallest absolute Gasteiger partial charge is 0.387 e. The van der Waals surface area contributed by atoms with E-state index in [1.54, 1.807) is 18.2 Å². The van der Waals surface area contributed by atoms with Gasteiger partial charge in [-0.15, -0.1) is 0 Å². The van der Waals surface area contributed by atoms with E-state index in [0.29, 0.717) is 0 Å². The van der Waals surface area contributed by atoms with E-state index in [-0.39, 0.29) is 16.9 Å². The van der Waals surface area contributed by atoms with Crippen LogP contribution >= 0.6 is 0 Å². The van der Waals surface area contributed by atoms with E-state index in [0.717, 1.165) is 0 Å². The first kappa shape index (κ1) is 14.9. The third kappa shape index (κ3) is 2.85. The second-order valence-corrected chi connectivity index (χ2v) is 4.32. The van der Waals surface area contributed by atoms with Gasteiger partial charge in [0.05, 0.1) is 0 Å². The molecule has 0 aliphatic heterocycles. The Morgan fingerprint density at radius 2 is 1.67 bits per heavy atom. The number of ether oxygens (including phenoxy) is 1. The summed E-state index contributed by atoms with van der Waals surface area (Å²) in [6, 6.07) is 13.3. The highest BCUT2D eigenvalue weighted by molar-refractivity contribution is 5.89. The van der Waals surface area contributed by atoms with Gasteiger partial charge in [0.2, 0.25) is 0 Å². The summed E-state index contributed by atoms with van der Waals surface area (Å²) in [6.45, 7) is -3.08. The molecular weight excluding hydrogens is 280 g/mol. The van der Waals surface area contributed by atoms with Gasteiger partial charge in [-0.05, 0) is 11.6 Å². The summed E-state index contributed by atoms with van der Waals surface area (Å²) in [4.78, 5) is 11.8. The Kier molecular flexibility index (Phi) is 4.18. The van der Waals surface area contributed by atoms with Crippen LogP contribution in [0.15, 0.2) is 54.6 Å². The van der Waals surface area contributed by atoms with Crippen molar-refractivity contribution in [2.24, 2.45) is 5.73 Å². The summed E-state index contributed by atoms with van der Waals surface area (Å²) in [6.07, 6.45) is 0. The number of primary amides is 1. The predicted octanol–water partition coefficient (Wildman–Crippen LogP) is 2.01. The van der Waals surface area contributed by atoms with Crippen molar-refractivity contribution >= 4 is 5.91 Å². The van der Waals surface area contributed by atoms with Gasteiger partial charge in [-0.3, -0.25) is 4.79 Å². The molecule has 2 rings (SSSR count). The summed E-state index contributed by atoms with van der Waals surface area (Å²) in [5.74, 6) is -1.39. The fourth-order valence-corrected chi connectivity index (χ4v) is 2.07. The second kappa shape index (κ2) is 5.88. The van der Waals surface area contributed by atoms with E-state index in [2.05, 4.69) is 4.74 Å². The van der Waals surface area contributed by atoms with Crippen molar-refractivity contribution in [3.05, 3.63) is 65.7 Å². The standard InChI is InChI=1S/C15H13F2NO3/c16-14(17)21-12-9-5-4-8-11(12)15(20,13(18)19)10-6-2-1-3-7-10/h1-9,14,20H,(H2,18,19). The number of hydrogen-bond acceptors (Lipinski definition) is 3. The Balaban J connectivity index is 2.62. The normalized spacial score (nSPS) is 13.7. The first-order valence-electron chi connectivity index (χ1n) is 6.08. The SMILES string of the molecule is NC(=O)C(O)(c1ccccc1)c1ccccc1OC(F)F. The first-order valence-corrected chi connectivity index (χ1v) is 6.08. The van der Waals surface area contributed by atoms with Crippen molar-refractivity contribution in [3.63, 3.8) is 0 Å². The van der Waals surface area contributed by atoms with Crippen molar-refractivity contribution in [3.8, 4) is 5.75 Å². The predicted molar refractivity (Wildman–Crippen MR) is 71.7 cm³/mol. The third-order valence-electron chi connectivity index (χ3n) is 3.04. The Morgan fingerprint density at radius 1 is 1.10 bits per heavy atom. The molecule has 0 aliphatic rings. The fourth-order valence-electron chi connectivity index (χ4n) is 2.07. The number of nitrogens with two attached hydrogens (primary N) is 1. The van der Waals surface area contributed by atoms with Gasteiger partial charge in [-0.1, -0.05) is 48.5 Å². The zero-order valence-electron chi connectivity index (χ0n) is 10.9. The first-order chi connectivity index (χ1) is 9.96. The van der Waals surface area contributed by atoms with Gasteiger partial charge < -0.3 is 15.6 Å². The minimum atomic E-state index is -3.08. The van der Waals surface area contributed by atoms with Gasteiger partial charge in [0.25, 0.3) is 5.91 Å². The van der Waals surface area contributed by atoms with Crippen molar-refractivity contribution in [2.45, 2.75) is 12.2 Å². The molecule has 0 radical (unpaired) electrons. The summed E-state index contributed by atoms with van der Waals surface area (Å²) >= 11 is 0. The average Bonchev–Trinajstić information content (AvgIpc) is 2.47. The minimum Gasteiger partial charge on any atom is -0.434 e. The highest BCUT2D eigenvalue weighted by atomic mass is 19.3. The Bertz CT molecular complexity index is 634. The van der Waals surface area contributed by atoms with E-state index in [4.69, 9.17) is 5.73 Å². The number of halogens is 2. The number of carbonyl (C=O) groups is 1. The van der Waals surface area contributed by atoms with E-state index in [1.807, 2.05) is 0 Å². The summed E-state index contributed by atoms with van der Waals surface area (Å²) < 4.78 is 29.3. The van der Waals surface area contributed by atoms with Gasteiger partial charge in [0.15, 0.2) is 5.60 Å². The number of rotatable bonds is 5. The molecule has 1 unspecified atom stereocenters. The maximum atomic E-state index is 12.5. The molecule has 21 heavy (non-hydrogen) atoms. The van der Waals surface area contributed by atoms with Crippen LogP contribution in [-0.4, -0.2) is 17.6 Å². The molecule has 4 nitrogen and oxygen atoms in total. The lowest BCUT2D eigenvalue weighted by atomic mass is 9.85. The van der Waals surface area contributed by atoms with Crippen molar-refractivity contribution < 1.29 is 23.4 Å². The van der Waals surface area contributed by atoms with E-state index in [1.165, 1.54) is 36.4 Å². The largest absolute Gasteiger partial charge is 0.434 e. The zero-order chi connectivity index (χ0) is 15.5. The molecule has 0 spiro atoms. The molecule has 0 heterocycles. The molecule has 0 saturated heterocycles. The van der Waals surface area contributed by atoms with Crippen LogP contribution in [0.5, 0.6) is 5.75 Å². The van der Waals surface area contributed by atoms with Gasteiger partial charge >= 0.3 is 6.61 Å². The number of benzene rings is 2. The number of para-hydroxylation sites is 1. The molecule has 2 aromatic carbocycles. The van der Waals surface area contributed by atoms with Crippen molar-refractivity contribution in [2.75, 3.05) is 0 Å². The monoisotopic (exact) mass is 293 g/mol. The fraction of sp³-hybridized carbons (Fsp3) is 0.133. The van der Waals surface area contributed by atoms with Crippen LogP contribution < -0.4 is 10.5 Å². The Labute approximate surface area is 119 Å². The molecule has 2 aromatic rings. The number of hydrogen-bond donors (Lipinski definition) is 2. The maximum Gasteiger partial charge on any atom is 0.387 e. The molecule has 110 valence electrons. The lowest BCUT2D eigenvalue weighted by Crippen LogP contribution is -2.42. The second-order valence-electron chi connectivity index (χ2n) is 4.32. The Hall–Kier alpha value is -2.47. The number of alkyl halides is 2. The molecule has 0 saturated carbocycles. The molecule has 1 amide bonds. The molecule has 3 N–H and O–H groups in total. The van der Waals surface area contributed by atoms with Crippen LogP contribution in [0.4, 0.5) is 8.78 Å². The minimum absolute atomic E-state index is 0.135. The lowest BCUT2D eigenvalue weighted by molar-refractivity contribution is -0.133. The number of aliphatic hydroxyl groups is 1. The van der Waals surface area contributed by atoms with Gasteiger partial charge in [0, 0.05) is 5.56 Å². The molecular formula is C15H13F2NO3. The van der Waals surface area contributed by atoms with Crippen molar-refractivity contribution in [1.29, 1.82) is 0 Å². The van der Waals surface area contributed by atoms with Crippen LogP contribution in [-0.2, 0) is 10.4 Å². The molecule has 0 bridgehead atoms. The zero-order valence-corrected chi connectivity index (χ0v) is 10.9. The summed E-state index contributed by atoms with van der Waals surface area (Å²) in [5, 5.41) is 10.7. The lowest BCUT2D eigenvalue weighted by Gasteiger charge is -2.27. The van der Waals surface area contributed by atoms with E-state index < -0.39 is 18.1 Å². The van der Waals surface area contributed by atoms with Crippen LogP contribution in [0.25, 0.3) is 0 Å². The molecule has 6 heteroatoms. The van der Waals surface area contributed by atoms with Gasteiger partial charge in [-0.2, -0.15) is 8.78 Å². The molecule has 0 aliphatic carbocycles. The van der Waals surface area contributed by atoms with Crippen molar-refractivity contribution in [1.82, 2.24) is 0 Å². The maximum absolute atomic E-state index is 12.5. The third-order valence-corrected chi connectivity index (χ3v) is 3.04. The van der Waals surface area contributed by atoms with E-state index >= 15 is 0 Å². The molecule has 1 atom stereocenters. The quantitative estimate of drug-likeness (QED) is 0.885.